The summed E-state index contributed by atoms with van der Waals surface area (Å²) >= 11 is 0. The fourth-order valence-corrected chi connectivity index (χ4v) is 2.84. The number of ether oxygens (including phenoxy) is 1. The van der Waals surface area contributed by atoms with E-state index in [1.54, 1.807) is 17.0 Å². The van der Waals surface area contributed by atoms with E-state index >= 15 is 0 Å². The Morgan fingerprint density at radius 2 is 2.25 bits per heavy atom. The van der Waals surface area contributed by atoms with E-state index in [-0.39, 0.29) is 11.7 Å². The van der Waals surface area contributed by atoms with Gasteiger partial charge in [0, 0.05) is 19.2 Å². The van der Waals surface area contributed by atoms with Crippen LogP contribution in [0.25, 0.3) is 0 Å². The van der Waals surface area contributed by atoms with Gasteiger partial charge in [0.05, 0.1) is 30.6 Å². The number of carbonyl (C=O) groups is 1. The smallest absolute Gasteiger partial charge is 0.290 e. The third-order valence-corrected chi connectivity index (χ3v) is 4.13. The lowest BCUT2D eigenvalue weighted by Gasteiger charge is -2.18. The topological polar surface area (TPSA) is 80.7 Å². The summed E-state index contributed by atoms with van der Waals surface area (Å²) in [6.07, 6.45) is 0.861. The van der Waals surface area contributed by atoms with Crippen molar-refractivity contribution in [1.82, 2.24) is 14.7 Å². The largest absolute Gasteiger partial charge is 0.465 e. The second-order valence-corrected chi connectivity index (χ2v) is 5.84. The number of hydrogen-bond donors (Lipinski definition) is 1. The van der Waals surface area contributed by atoms with Crippen molar-refractivity contribution in [2.75, 3.05) is 13.2 Å². The minimum atomic E-state index is -0.563. The number of aryl methyl sites for hydroxylation is 1. The number of aliphatic hydroxyl groups is 1. The van der Waals surface area contributed by atoms with Gasteiger partial charge in [-0.1, -0.05) is 6.92 Å². The van der Waals surface area contributed by atoms with Gasteiger partial charge in [-0.2, -0.15) is 5.10 Å². The lowest BCUT2D eigenvalue weighted by molar-refractivity contribution is 0.0705. The highest BCUT2D eigenvalue weighted by atomic mass is 16.6. The van der Waals surface area contributed by atoms with E-state index < -0.39 is 6.10 Å². The van der Waals surface area contributed by atoms with Gasteiger partial charge >= 0.3 is 0 Å². The quantitative estimate of drug-likeness (QED) is 0.908. The number of hydrogen-bond acceptors (Lipinski definition) is 5. The van der Waals surface area contributed by atoms with E-state index in [1.807, 2.05) is 24.6 Å². The van der Waals surface area contributed by atoms with E-state index in [2.05, 4.69) is 5.10 Å². The number of amides is 1. The van der Waals surface area contributed by atoms with Gasteiger partial charge in [0.15, 0.2) is 5.76 Å². The van der Waals surface area contributed by atoms with Crippen LogP contribution in [0.5, 0.6) is 5.95 Å². The van der Waals surface area contributed by atoms with E-state index in [0.29, 0.717) is 37.8 Å². The second kappa shape index (κ2) is 7.09. The number of fused-ring (bicyclic) bond motifs is 1. The molecule has 3 rings (SSSR count). The summed E-state index contributed by atoms with van der Waals surface area (Å²) in [4.78, 5) is 14.4. The zero-order valence-corrected chi connectivity index (χ0v) is 14.1. The average Bonchev–Trinajstić information content (AvgIpc) is 3.16. The van der Waals surface area contributed by atoms with Crippen LogP contribution in [0.1, 0.15) is 54.7 Å². The summed E-state index contributed by atoms with van der Waals surface area (Å²) in [7, 11) is 0. The fraction of sp³-hybridized carbons (Fsp3) is 0.529. The number of nitrogens with zero attached hydrogens (tertiary/aromatic N) is 3. The van der Waals surface area contributed by atoms with Crippen LogP contribution in [0.3, 0.4) is 0 Å². The lowest BCUT2D eigenvalue weighted by Crippen LogP contribution is -2.30. The molecule has 1 aliphatic heterocycles. The van der Waals surface area contributed by atoms with E-state index in [4.69, 9.17) is 9.15 Å². The van der Waals surface area contributed by atoms with Crippen LogP contribution in [-0.4, -0.2) is 38.8 Å². The van der Waals surface area contributed by atoms with Crippen molar-refractivity contribution < 1.29 is 19.1 Å². The lowest BCUT2D eigenvalue weighted by atomic mass is 10.2. The Hall–Kier alpha value is -2.28. The van der Waals surface area contributed by atoms with Crippen molar-refractivity contribution in [3.05, 3.63) is 35.3 Å². The Kier molecular flexibility index (Phi) is 4.89. The Bertz CT molecular complexity index is 707. The molecule has 1 N–H and O–H groups in total. The number of rotatable bonds is 5. The summed E-state index contributed by atoms with van der Waals surface area (Å²) in [5.74, 6) is 0.475. The van der Waals surface area contributed by atoms with Crippen molar-refractivity contribution in [3.8, 4) is 5.95 Å². The molecule has 0 fully saturated rings. The molecular weight excluding hydrogens is 310 g/mol. The molecule has 0 aliphatic carbocycles. The molecule has 3 heterocycles. The van der Waals surface area contributed by atoms with Crippen molar-refractivity contribution in [2.45, 2.75) is 45.9 Å². The van der Waals surface area contributed by atoms with Gasteiger partial charge in [-0.25, -0.2) is 0 Å². The van der Waals surface area contributed by atoms with Crippen LogP contribution in [0.4, 0.5) is 0 Å². The number of aromatic nitrogens is 2. The molecule has 130 valence electrons. The average molecular weight is 333 g/mol. The Balaban J connectivity index is 1.77. The maximum atomic E-state index is 12.7. The van der Waals surface area contributed by atoms with Crippen molar-refractivity contribution >= 4 is 5.91 Å². The third kappa shape index (κ3) is 3.31. The fourth-order valence-electron chi connectivity index (χ4n) is 2.84. The molecular formula is C17H23N3O4. The predicted molar refractivity (Wildman–Crippen MR) is 86.7 cm³/mol. The first-order valence-corrected chi connectivity index (χ1v) is 8.39. The van der Waals surface area contributed by atoms with Gasteiger partial charge in [-0.15, -0.1) is 0 Å². The first-order chi connectivity index (χ1) is 11.6. The van der Waals surface area contributed by atoms with Crippen molar-refractivity contribution in [1.29, 1.82) is 0 Å². The number of furan rings is 1. The number of carbonyl (C=O) groups excluding carboxylic acids is 1. The minimum Gasteiger partial charge on any atom is -0.465 e. The Morgan fingerprint density at radius 3 is 3.00 bits per heavy atom. The highest BCUT2D eigenvalue weighted by molar-refractivity contribution is 5.91. The maximum absolute atomic E-state index is 12.7. The SMILES string of the molecule is CCOc1ccc(C(=O)N2CCCn3nc(C(O)CC)cc3C2)o1. The Labute approximate surface area is 140 Å². The molecule has 7 heteroatoms. The molecule has 2 aromatic rings. The first-order valence-electron chi connectivity index (χ1n) is 8.39. The highest BCUT2D eigenvalue weighted by Crippen LogP contribution is 2.22. The summed E-state index contributed by atoms with van der Waals surface area (Å²) in [6, 6.07) is 5.18. The molecule has 0 saturated carbocycles. The molecule has 1 aliphatic rings. The predicted octanol–water partition coefficient (Wildman–Crippen LogP) is 2.36. The normalized spacial score (nSPS) is 15.7. The van der Waals surface area contributed by atoms with Gasteiger partial charge in [0.2, 0.25) is 0 Å². The minimum absolute atomic E-state index is 0.159. The first kappa shape index (κ1) is 16.6. The van der Waals surface area contributed by atoms with Crippen molar-refractivity contribution in [2.24, 2.45) is 0 Å². The molecule has 1 atom stereocenters. The van der Waals surface area contributed by atoms with E-state index in [9.17, 15) is 9.90 Å². The summed E-state index contributed by atoms with van der Waals surface area (Å²) in [6.45, 7) is 6.09. The molecule has 0 radical (unpaired) electrons. The van der Waals surface area contributed by atoms with Crippen LogP contribution < -0.4 is 4.74 Å². The monoisotopic (exact) mass is 333 g/mol. The molecule has 0 bridgehead atoms. The number of aliphatic hydroxyl groups excluding tert-OH is 1. The molecule has 0 spiro atoms. The van der Waals surface area contributed by atoms with E-state index in [1.165, 1.54) is 0 Å². The summed E-state index contributed by atoms with van der Waals surface area (Å²) in [5.41, 5.74) is 1.60. The van der Waals surface area contributed by atoms with Crippen molar-refractivity contribution in [3.63, 3.8) is 0 Å². The molecule has 1 amide bonds. The standard InChI is InChI=1S/C17H23N3O4/c1-3-14(21)13-10-12-11-19(8-5-9-20(12)18-13)17(22)15-6-7-16(24-15)23-4-2/h6-7,10,14,21H,3-5,8-9,11H2,1-2H3. The molecule has 1 unspecified atom stereocenters. The second-order valence-electron chi connectivity index (χ2n) is 5.84. The van der Waals surface area contributed by atoms with Gasteiger partial charge < -0.3 is 19.2 Å². The molecule has 7 nitrogen and oxygen atoms in total. The van der Waals surface area contributed by atoms with Crippen LogP contribution in [0, 0.1) is 0 Å². The van der Waals surface area contributed by atoms with Gasteiger partial charge in [-0.3, -0.25) is 9.48 Å². The molecule has 0 saturated heterocycles. The molecule has 2 aromatic heterocycles. The molecule has 0 aromatic carbocycles. The third-order valence-electron chi connectivity index (χ3n) is 4.13. The van der Waals surface area contributed by atoms with Crippen LogP contribution in [0.15, 0.2) is 22.6 Å². The van der Waals surface area contributed by atoms with Gasteiger partial charge in [0.1, 0.15) is 0 Å². The van der Waals surface area contributed by atoms with E-state index in [0.717, 1.165) is 18.7 Å². The van der Waals surface area contributed by atoms with Gasteiger partial charge in [0.25, 0.3) is 11.9 Å². The highest BCUT2D eigenvalue weighted by Gasteiger charge is 2.25. The zero-order chi connectivity index (χ0) is 17.1. The van der Waals surface area contributed by atoms with Gasteiger partial charge in [-0.05, 0) is 31.9 Å². The van der Waals surface area contributed by atoms with Crippen LogP contribution in [-0.2, 0) is 13.1 Å². The molecule has 24 heavy (non-hydrogen) atoms. The zero-order valence-electron chi connectivity index (χ0n) is 14.1. The maximum Gasteiger partial charge on any atom is 0.290 e. The Morgan fingerprint density at radius 1 is 1.42 bits per heavy atom. The van der Waals surface area contributed by atoms with Crippen LogP contribution >= 0.6 is 0 Å². The summed E-state index contributed by atoms with van der Waals surface area (Å²) < 4.78 is 12.6. The summed E-state index contributed by atoms with van der Waals surface area (Å²) in [5, 5.41) is 14.4. The van der Waals surface area contributed by atoms with Crippen LogP contribution in [0.2, 0.25) is 0 Å².